The van der Waals surface area contributed by atoms with Crippen LogP contribution in [0.4, 0.5) is 0 Å². The van der Waals surface area contributed by atoms with Crippen molar-refractivity contribution in [2.75, 3.05) is 24.6 Å². The standard InChI is InChI=1S/C16H37P.C2H4O2.H3P/c1-5-9-13-17(14-10-6-2,15-11-7-3)16-12-8-4;1-2(3)4;/h17H,5-16H2,1-4H3;1H3,(H,3,4);1H3. The van der Waals surface area contributed by atoms with E-state index in [0.717, 1.165) is 6.92 Å². The Morgan fingerprint density at radius 1 is 0.727 bits per heavy atom. The van der Waals surface area contributed by atoms with Crippen molar-refractivity contribution in [3.8, 4) is 0 Å². The van der Waals surface area contributed by atoms with E-state index in [9.17, 15) is 0 Å². The van der Waals surface area contributed by atoms with Crippen LogP contribution in [0.25, 0.3) is 0 Å². The van der Waals surface area contributed by atoms with E-state index in [0.29, 0.717) is 0 Å². The fraction of sp³-hybridized carbons (Fsp3) is 0.944. The van der Waals surface area contributed by atoms with Crippen LogP contribution >= 0.6 is 17.2 Å². The predicted molar refractivity (Wildman–Crippen MR) is 112 cm³/mol. The maximum Gasteiger partial charge on any atom is -0.153 e. The van der Waals surface area contributed by atoms with Gasteiger partial charge in [0.1, 0.15) is 0 Å². The number of aliphatic carboxylic acids is 1. The molecule has 0 saturated heterocycles. The van der Waals surface area contributed by atoms with E-state index in [4.69, 9.17) is 9.90 Å². The molecule has 0 amide bonds. The summed E-state index contributed by atoms with van der Waals surface area (Å²) in [5.41, 5.74) is 0. The van der Waals surface area contributed by atoms with Gasteiger partial charge in [0.05, 0.1) is 0 Å². The summed E-state index contributed by atoms with van der Waals surface area (Å²) in [5.74, 6) is -0.833. The summed E-state index contributed by atoms with van der Waals surface area (Å²) in [6.45, 7) is 10.5. The third-order valence-electron chi connectivity index (χ3n) is 4.24. The second kappa shape index (κ2) is 19.4. The number of rotatable bonds is 12. The van der Waals surface area contributed by atoms with E-state index >= 15 is 0 Å². The van der Waals surface area contributed by atoms with E-state index < -0.39 is 13.2 Å². The first-order valence-electron chi connectivity index (χ1n) is 9.17. The summed E-state index contributed by atoms with van der Waals surface area (Å²) >= 11 is 0. The first kappa shape index (κ1) is 27.2. The molecular weight excluding hydrogens is 310 g/mol. The minimum Gasteiger partial charge on any atom is -0.153 e. The molecule has 0 aromatic carbocycles. The first-order valence-corrected chi connectivity index (χ1v) is 12.0. The minimum atomic E-state index is -0.879. The third kappa shape index (κ3) is 18.4. The zero-order chi connectivity index (χ0) is 16.6. The van der Waals surface area contributed by atoms with Crippen LogP contribution in [0, 0.1) is 0 Å². The number of hydrogen-bond acceptors (Lipinski definition) is 1. The Morgan fingerprint density at radius 3 is 1.05 bits per heavy atom. The first-order chi connectivity index (χ1) is 9.97. The van der Waals surface area contributed by atoms with Crippen molar-refractivity contribution < 1.29 is 9.90 Å². The van der Waals surface area contributed by atoms with Gasteiger partial charge in [-0.15, -0.1) is 0 Å². The normalized spacial score (nSPS) is 11.1. The Morgan fingerprint density at radius 2 is 0.909 bits per heavy atom. The fourth-order valence-corrected chi connectivity index (χ4v) is 8.87. The smallest absolute Gasteiger partial charge is 0.153 e. The Labute approximate surface area is 144 Å². The van der Waals surface area contributed by atoms with Crippen molar-refractivity contribution in [1.82, 2.24) is 0 Å². The van der Waals surface area contributed by atoms with Gasteiger partial charge in [0.2, 0.25) is 0 Å². The van der Waals surface area contributed by atoms with E-state index in [1.54, 1.807) is 24.6 Å². The molecule has 2 nitrogen and oxygen atoms in total. The molecule has 22 heavy (non-hydrogen) atoms. The minimum absolute atomic E-state index is 0. The summed E-state index contributed by atoms with van der Waals surface area (Å²) in [5, 5.41) is 7.42. The number of carboxylic acid groups (broad SMARTS) is 1. The molecule has 1 N–H and O–H groups in total. The van der Waals surface area contributed by atoms with Crippen LogP contribution in [0.1, 0.15) is 86.0 Å². The predicted octanol–water partition coefficient (Wildman–Crippen LogP) is 6.09. The number of unbranched alkanes of at least 4 members (excludes halogenated alkanes) is 4. The van der Waals surface area contributed by atoms with Crippen molar-refractivity contribution in [2.24, 2.45) is 0 Å². The SMILES string of the molecule is CC(=O)O.CCCC[PH](CCCC)(CCCC)CCCC.P. The van der Waals surface area contributed by atoms with Gasteiger partial charge >= 0.3 is 111 Å². The van der Waals surface area contributed by atoms with E-state index in [-0.39, 0.29) is 9.90 Å². The number of carboxylic acids is 1. The fourth-order valence-electron chi connectivity index (χ4n) is 2.96. The zero-order valence-electron chi connectivity index (χ0n) is 16.0. The van der Waals surface area contributed by atoms with E-state index in [2.05, 4.69) is 27.7 Å². The van der Waals surface area contributed by atoms with Crippen LogP contribution in [0.3, 0.4) is 0 Å². The van der Waals surface area contributed by atoms with E-state index in [1.807, 2.05) is 0 Å². The molecular formula is C18H44O2P2. The molecule has 1 atom stereocenters. The van der Waals surface area contributed by atoms with Gasteiger partial charge in [-0.3, -0.25) is 4.79 Å². The molecule has 0 fully saturated rings. The van der Waals surface area contributed by atoms with E-state index in [1.165, 1.54) is 51.4 Å². The van der Waals surface area contributed by atoms with Gasteiger partial charge in [0.15, 0.2) is 0 Å². The molecule has 0 radical (unpaired) electrons. The molecule has 0 rings (SSSR count). The summed E-state index contributed by atoms with van der Waals surface area (Å²) < 4.78 is 0. The topological polar surface area (TPSA) is 37.3 Å². The maximum absolute atomic E-state index is 9.00. The zero-order valence-corrected chi connectivity index (χ0v) is 18.5. The molecule has 0 spiro atoms. The van der Waals surface area contributed by atoms with Crippen molar-refractivity contribution >= 4 is 23.1 Å². The number of hydrogen-bond donors (Lipinski definition) is 1. The van der Waals surface area contributed by atoms with Gasteiger partial charge in [0.25, 0.3) is 5.97 Å². The average molecular weight is 354 g/mol. The molecule has 1 unspecified atom stereocenters. The van der Waals surface area contributed by atoms with Gasteiger partial charge in [-0.05, 0) is 0 Å². The second-order valence-electron chi connectivity index (χ2n) is 6.43. The summed E-state index contributed by atoms with van der Waals surface area (Å²) in [7, 11) is -0.879. The van der Waals surface area contributed by atoms with Gasteiger partial charge in [-0.1, -0.05) is 0 Å². The van der Waals surface area contributed by atoms with Crippen molar-refractivity contribution in [3.63, 3.8) is 0 Å². The Hall–Kier alpha value is 0.330. The Kier molecular flexibility index (Phi) is 23.9. The molecule has 0 aliphatic heterocycles. The molecule has 0 aromatic rings. The molecule has 0 aliphatic rings. The van der Waals surface area contributed by atoms with Crippen LogP contribution < -0.4 is 0 Å². The monoisotopic (exact) mass is 354 g/mol. The van der Waals surface area contributed by atoms with Crippen LogP contribution in [-0.4, -0.2) is 35.7 Å². The largest absolute Gasteiger partial charge is 0.153 e. The van der Waals surface area contributed by atoms with Gasteiger partial charge in [0, 0.05) is 6.92 Å². The van der Waals surface area contributed by atoms with Crippen molar-refractivity contribution in [1.29, 1.82) is 0 Å². The summed E-state index contributed by atoms with van der Waals surface area (Å²) in [6.07, 6.45) is 18.1. The van der Waals surface area contributed by atoms with Crippen LogP contribution in [-0.2, 0) is 4.79 Å². The number of carbonyl (C=O) groups is 1. The Bertz CT molecular complexity index is 192. The van der Waals surface area contributed by atoms with Crippen LogP contribution in [0.2, 0.25) is 0 Å². The third-order valence-corrected chi connectivity index (χ3v) is 9.90. The van der Waals surface area contributed by atoms with Crippen LogP contribution in [0.15, 0.2) is 0 Å². The summed E-state index contributed by atoms with van der Waals surface area (Å²) in [6, 6.07) is 0. The maximum atomic E-state index is 9.00. The van der Waals surface area contributed by atoms with Crippen molar-refractivity contribution in [2.45, 2.75) is 86.0 Å². The van der Waals surface area contributed by atoms with Crippen LogP contribution in [0.5, 0.6) is 0 Å². The van der Waals surface area contributed by atoms with Crippen molar-refractivity contribution in [3.05, 3.63) is 0 Å². The van der Waals surface area contributed by atoms with Gasteiger partial charge in [-0.25, -0.2) is 0 Å². The van der Waals surface area contributed by atoms with Gasteiger partial charge < -0.3 is 5.11 Å². The molecule has 0 aliphatic carbocycles. The molecule has 4 heteroatoms. The van der Waals surface area contributed by atoms with Gasteiger partial charge in [-0.2, -0.15) is 9.90 Å². The molecule has 0 aromatic heterocycles. The Balaban J connectivity index is -0.000000640. The molecule has 0 saturated carbocycles. The molecule has 0 heterocycles. The summed E-state index contributed by atoms with van der Waals surface area (Å²) in [4.78, 5) is 9.00. The quantitative estimate of drug-likeness (QED) is 0.431. The molecule has 138 valence electrons. The average Bonchev–Trinajstić information content (AvgIpc) is 2.45. The second-order valence-corrected chi connectivity index (χ2v) is 11.4. The molecule has 0 bridgehead atoms.